The molecule has 1 N–H and O–H groups in total. The van der Waals surface area contributed by atoms with E-state index in [0.29, 0.717) is 60.8 Å². The lowest BCUT2D eigenvalue weighted by atomic mass is 10.1. The molecule has 6 rings (SSSR count). The number of aromatic nitrogens is 3. The first-order chi connectivity index (χ1) is 14.8. The van der Waals surface area contributed by atoms with Gasteiger partial charge in [-0.2, -0.15) is 0 Å². The van der Waals surface area contributed by atoms with Crippen LogP contribution in [0.5, 0.6) is 23.0 Å². The van der Waals surface area contributed by atoms with Crippen LogP contribution in [0.15, 0.2) is 53.5 Å². The highest BCUT2D eigenvalue weighted by molar-refractivity contribution is 5.80. The minimum atomic E-state index is -0.200. The summed E-state index contributed by atoms with van der Waals surface area (Å²) in [6.07, 6.45) is 1.77. The first-order valence-corrected chi connectivity index (χ1v) is 9.67. The summed E-state index contributed by atoms with van der Waals surface area (Å²) in [4.78, 5) is 17.5. The zero-order valence-corrected chi connectivity index (χ0v) is 15.9. The quantitative estimate of drug-likeness (QED) is 0.554. The topological polar surface area (TPSA) is 87.1 Å². The largest absolute Gasteiger partial charge is 0.486 e. The van der Waals surface area contributed by atoms with Crippen LogP contribution >= 0.6 is 0 Å². The van der Waals surface area contributed by atoms with Gasteiger partial charge in [0, 0.05) is 23.4 Å². The number of H-pyrrole nitrogens is 1. The molecular weight excluding hydrogens is 386 g/mol. The smallest absolute Gasteiger partial charge is 0.273 e. The molecule has 8 heteroatoms. The first-order valence-electron chi connectivity index (χ1n) is 9.67. The molecule has 2 aromatic carbocycles. The van der Waals surface area contributed by atoms with Gasteiger partial charge in [-0.1, -0.05) is 6.07 Å². The normalized spacial score (nSPS) is 14.7. The first kappa shape index (κ1) is 17.0. The Morgan fingerprint density at radius 1 is 0.767 bits per heavy atom. The molecule has 0 saturated heterocycles. The van der Waals surface area contributed by atoms with E-state index < -0.39 is 0 Å². The van der Waals surface area contributed by atoms with Gasteiger partial charge in [-0.15, -0.1) is 0 Å². The minimum Gasteiger partial charge on any atom is -0.486 e. The van der Waals surface area contributed by atoms with E-state index in [-0.39, 0.29) is 5.56 Å². The maximum absolute atomic E-state index is 12.7. The van der Waals surface area contributed by atoms with Crippen molar-refractivity contribution in [3.63, 3.8) is 0 Å². The number of hydrogen-bond acceptors (Lipinski definition) is 6. The molecule has 0 spiro atoms. The van der Waals surface area contributed by atoms with Crippen LogP contribution in [0, 0.1) is 0 Å². The Bertz CT molecular complexity index is 1340. The van der Waals surface area contributed by atoms with Crippen LogP contribution in [0.2, 0.25) is 0 Å². The third kappa shape index (κ3) is 2.68. The summed E-state index contributed by atoms with van der Waals surface area (Å²) in [5.41, 5.74) is 3.36. The zero-order valence-electron chi connectivity index (χ0n) is 15.9. The number of fused-ring (bicyclic) bond motifs is 3. The van der Waals surface area contributed by atoms with Crippen molar-refractivity contribution in [2.75, 3.05) is 26.4 Å². The van der Waals surface area contributed by atoms with Crippen LogP contribution in [0.3, 0.4) is 0 Å². The lowest BCUT2D eigenvalue weighted by Gasteiger charge is -2.19. The van der Waals surface area contributed by atoms with Crippen molar-refractivity contribution in [2.24, 2.45) is 0 Å². The van der Waals surface area contributed by atoms with Gasteiger partial charge in [0.1, 0.15) is 26.4 Å². The molecule has 0 radical (unpaired) electrons. The van der Waals surface area contributed by atoms with Gasteiger partial charge in [0.25, 0.3) is 5.56 Å². The summed E-state index contributed by atoms with van der Waals surface area (Å²) in [5.74, 6) is 2.75. The Labute approximate surface area is 170 Å². The van der Waals surface area contributed by atoms with Crippen molar-refractivity contribution in [1.82, 2.24) is 14.6 Å². The second-order valence-corrected chi connectivity index (χ2v) is 7.04. The zero-order chi connectivity index (χ0) is 20.1. The number of nitrogens with one attached hydrogen (secondary N) is 1. The van der Waals surface area contributed by atoms with Crippen LogP contribution in [0.1, 0.15) is 0 Å². The minimum absolute atomic E-state index is 0.200. The summed E-state index contributed by atoms with van der Waals surface area (Å²) < 4.78 is 24.0. The highest BCUT2D eigenvalue weighted by atomic mass is 16.6. The molecule has 2 aliphatic heterocycles. The Hall–Kier alpha value is -3.94. The molecule has 0 unspecified atom stereocenters. The van der Waals surface area contributed by atoms with Gasteiger partial charge in [-0.05, 0) is 35.9 Å². The lowest BCUT2D eigenvalue weighted by molar-refractivity contribution is 0.171. The van der Waals surface area contributed by atoms with Gasteiger partial charge >= 0.3 is 0 Å². The number of hydrogen-bond donors (Lipinski definition) is 1. The Morgan fingerprint density at radius 2 is 1.37 bits per heavy atom. The predicted octanol–water partition coefficient (Wildman–Crippen LogP) is 2.90. The standard InChI is InChI=1S/C22H17N3O5/c26-21-11-16(14-2-4-18-20(10-14)30-8-6-28-18)24-22-15(12-23-25(21)22)13-1-3-17-19(9-13)29-7-5-27-17/h1-4,9-12,23H,5-8H2. The molecule has 0 amide bonds. The van der Waals surface area contributed by atoms with Crippen molar-refractivity contribution in [2.45, 2.75) is 0 Å². The van der Waals surface area contributed by atoms with E-state index in [9.17, 15) is 4.79 Å². The summed E-state index contributed by atoms with van der Waals surface area (Å²) in [6, 6.07) is 12.8. The molecule has 0 fully saturated rings. The van der Waals surface area contributed by atoms with Gasteiger partial charge in [0.2, 0.25) is 0 Å². The number of nitrogens with zero attached hydrogens (tertiary/aromatic N) is 2. The van der Waals surface area contributed by atoms with Crippen molar-refractivity contribution >= 4 is 5.65 Å². The second-order valence-electron chi connectivity index (χ2n) is 7.04. The number of ether oxygens (including phenoxy) is 4. The third-order valence-electron chi connectivity index (χ3n) is 5.19. The maximum atomic E-state index is 12.7. The molecule has 8 nitrogen and oxygen atoms in total. The average molecular weight is 403 g/mol. The van der Waals surface area contributed by atoms with Crippen LogP contribution in [-0.4, -0.2) is 41.0 Å². The second kappa shape index (κ2) is 6.55. The summed E-state index contributed by atoms with van der Waals surface area (Å²) >= 11 is 0. The molecule has 30 heavy (non-hydrogen) atoms. The highest BCUT2D eigenvalue weighted by Crippen LogP contribution is 2.36. The number of aromatic amines is 1. The summed E-state index contributed by atoms with van der Waals surface area (Å²) in [7, 11) is 0. The summed E-state index contributed by atoms with van der Waals surface area (Å²) in [5, 5.41) is 2.99. The Balaban J connectivity index is 1.48. The molecule has 0 atom stereocenters. The van der Waals surface area contributed by atoms with Gasteiger partial charge in [-0.25, -0.2) is 9.50 Å². The van der Waals surface area contributed by atoms with E-state index in [1.807, 2.05) is 36.4 Å². The fourth-order valence-electron chi connectivity index (χ4n) is 3.76. The SMILES string of the molecule is O=c1cc(-c2ccc3c(c2)OCCO3)nc2c(-c3ccc4c(c3)OCCO4)c[nH]n12. The van der Waals surface area contributed by atoms with E-state index in [2.05, 4.69) is 5.10 Å². The Kier molecular flexibility index (Phi) is 3.70. The van der Waals surface area contributed by atoms with E-state index in [0.717, 1.165) is 16.7 Å². The van der Waals surface area contributed by atoms with Crippen molar-refractivity contribution < 1.29 is 18.9 Å². The molecule has 0 bridgehead atoms. The molecule has 0 saturated carbocycles. The van der Waals surface area contributed by atoms with E-state index in [1.54, 1.807) is 6.20 Å². The van der Waals surface area contributed by atoms with E-state index in [1.165, 1.54) is 10.6 Å². The molecular formula is C22H17N3O5. The Morgan fingerprint density at radius 3 is 2.07 bits per heavy atom. The van der Waals surface area contributed by atoms with Crippen molar-refractivity contribution in [3.8, 4) is 45.4 Å². The van der Waals surface area contributed by atoms with Crippen LogP contribution in [0.4, 0.5) is 0 Å². The molecule has 0 aliphatic carbocycles. The third-order valence-corrected chi connectivity index (χ3v) is 5.19. The van der Waals surface area contributed by atoms with Crippen LogP contribution in [-0.2, 0) is 0 Å². The fourth-order valence-corrected chi connectivity index (χ4v) is 3.76. The number of benzene rings is 2. The number of rotatable bonds is 2. The lowest BCUT2D eigenvalue weighted by Crippen LogP contribution is -2.16. The van der Waals surface area contributed by atoms with Gasteiger partial charge in [-0.3, -0.25) is 9.89 Å². The van der Waals surface area contributed by atoms with Gasteiger partial charge < -0.3 is 18.9 Å². The van der Waals surface area contributed by atoms with Gasteiger partial charge in [0.05, 0.1) is 5.69 Å². The van der Waals surface area contributed by atoms with Crippen molar-refractivity contribution in [1.29, 1.82) is 0 Å². The van der Waals surface area contributed by atoms with E-state index in [4.69, 9.17) is 23.9 Å². The van der Waals surface area contributed by atoms with Crippen LogP contribution < -0.4 is 24.5 Å². The average Bonchev–Trinajstić information content (AvgIpc) is 3.23. The molecule has 4 heterocycles. The monoisotopic (exact) mass is 403 g/mol. The van der Waals surface area contributed by atoms with Crippen LogP contribution in [0.25, 0.3) is 28.0 Å². The summed E-state index contributed by atoms with van der Waals surface area (Å²) in [6.45, 7) is 2.07. The highest BCUT2D eigenvalue weighted by Gasteiger charge is 2.18. The van der Waals surface area contributed by atoms with Gasteiger partial charge in [0.15, 0.2) is 28.6 Å². The molecule has 2 aromatic heterocycles. The predicted molar refractivity (Wildman–Crippen MR) is 109 cm³/mol. The molecule has 2 aliphatic rings. The van der Waals surface area contributed by atoms with E-state index >= 15 is 0 Å². The molecule has 150 valence electrons. The van der Waals surface area contributed by atoms with Crippen molar-refractivity contribution in [3.05, 3.63) is 59.0 Å². The maximum Gasteiger partial charge on any atom is 0.273 e. The fraction of sp³-hybridized carbons (Fsp3) is 0.182. The molecule has 4 aromatic rings.